The van der Waals surface area contributed by atoms with E-state index >= 15 is 0 Å². The number of rotatable bonds is 5. The number of allylic oxidation sites excluding steroid dienone is 2. The van der Waals surface area contributed by atoms with Gasteiger partial charge in [0.05, 0.1) is 33.3 Å². The Kier molecular flexibility index (Phi) is 7.05. The predicted molar refractivity (Wildman–Crippen MR) is 238 cm³/mol. The predicted octanol–water partition coefficient (Wildman–Crippen LogP) is 12.4. The van der Waals surface area contributed by atoms with Gasteiger partial charge in [-0.1, -0.05) is 133 Å². The molecule has 57 heavy (non-hydrogen) atoms. The number of para-hydroxylation sites is 3. The first-order valence-corrected chi connectivity index (χ1v) is 19.8. The second-order valence-corrected chi connectivity index (χ2v) is 15.1. The first-order valence-electron chi connectivity index (χ1n) is 19.8. The van der Waals surface area contributed by atoms with E-state index in [0.717, 1.165) is 52.3 Å². The van der Waals surface area contributed by atoms with Crippen molar-refractivity contribution in [2.75, 3.05) is 0 Å². The lowest BCUT2D eigenvalue weighted by molar-refractivity contribution is 0.509. The lowest BCUT2D eigenvalue weighted by Gasteiger charge is -2.27. The first kappa shape index (κ1) is 31.9. The molecule has 0 radical (unpaired) electrons. The van der Waals surface area contributed by atoms with Crippen LogP contribution in [0.1, 0.15) is 35.1 Å². The molecule has 0 saturated heterocycles. The van der Waals surface area contributed by atoms with Crippen LogP contribution in [0.25, 0.3) is 77.7 Å². The lowest BCUT2D eigenvalue weighted by atomic mass is 10.00. The maximum Gasteiger partial charge on any atom is 0.201 e. The van der Waals surface area contributed by atoms with Crippen molar-refractivity contribution < 1.29 is 0 Å². The van der Waals surface area contributed by atoms with Crippen LogP contribution in [-0.4, -0.2) is 19.4 Å². The highest BCUT2D eigenvalue weighted by Gasteiger charge is 2.28. The molecule has 0 bridgehead atoms. The minimum Gasteiger partial charge on any atom is -0.346 e. The second kappa shape index (κ2) is 12.6. The highest BCUT2D eigenvalue weighted by atomic mass is 15.3. The summed E-state index contributed by atoms with van der Waals surface area (Å²) in [7, 11) is 0. The van der Waals surface area contributed by atoms with Crippen molar-refractivity contribution in [3.05, 3.63) is 204 Å². The van der Waals surface area contributed by atoms with Crippen molar-refractivity contribution in [3.8, 4) is 11.4 Å². The summed E-state index contributed by atoms with van der Waals surface area (Å²) in [6.45, 7) is 0. The smallest absolute Gasteiger partial charge is 0.201 e. The molecule has 0 saturated carbocycles. The maximum absolute atomic E-state index is 5.52. The topological polar surface area (TPSA) is 39.2 Å². The largest absolute Gasteiger partial charge is 0.346 e. The molecule has 4 heterocycles. The van der Waals surface area contributed by atoms with Crippen LogP contribution in [0.3, 0.4) is 0 Å². The molecule has 3 aromatic heterocycles. The van der Waals surface area contributed by atoms with Crippen LogP contribution in [0.4, 0.5) is 0 Å². The number of hydrogen-bond acceptors (Lipinski definition) is 2. The van der Waals surface area contributed by atoms with E-state index in [1.54, 1.807) is 0 Å². The molecule has 270 valence electrons. The molecular weight excluding hydrogens is 695 g/mol. The SMILES string of the molecule is C1=Cc2c(c3ccc4c5ccccc5n(C5N=C(c6ccccc6)C=C(c6ccccc6)N5)c4c3n2-c2ccc(-n3c4ccccc4c4ccccc43)cc2)CC1. The van der Waals surface area contributed by atoms with Gasteiger partial charge in [0.1, 0.15) is 0 Å². The van der Waals surface area contributed by atoms with Crippen LogP contribution in [-0.2, 0) is 6.42 Å². The van der Waals surface area contributed by atoms with Gasteiger partial charge in [-0.2, -0.15) is 0 Å². The summed E-state index contributed by atoms with van der Waals surface area (Å²) in [4.78, 5) is 5.52. The maximum atomic E-state index is 5.52. The molecule has 0 amide bonds. The van der Waals surface area contributed by atoms with E-state index < -0.39 is 6.29 Å². The van der Waals surface area contributed by atoms with Gasteiger partial charge in [0.2, 0.25) is 6.29 Å². The van der Waals surface area contributed by atoms with Crippen LogP contribution in [0.5, 0.6) is 0 Å². The second-order valence-electron chi connectivity index (χ2n) is 15.1. The van der Waals surface area contributed by atoms with E-state index in [0.29, 0.717) is 0 Å². The third kappa shape index (κ3) is 4.85. The number of benzene rings is 7. The molecule has 2 aliphatic rings. The fraction of sp³-hybridized carbons (Fsp3) is 0.0577. The van der Waals surface area contributed by atoms with Crippen LogP contribution < -0.4 is 5.32 Å². The molecule has 5 nitrogen and oxygen atoms in total. The molecule has 1 aliphatic carbocycles. The highest BCUT2D eigenvalue weighted by molar-refractivity contribution is 6.19. The minimum atomic E-state index is -0.401. The van der Waals surface area contributed by atoms with Crippen molar-refractivity contribution >= 4 is 72.0 Å². The molecule has 0 spiro atoms. The molecule has 7 aromatic carbocycles. The van der Waals surface area contributed by atoms with E-state index in [1.807, 2.05) is 0 Å². The summed E-state index contributed by atoms with van der Waals surface area (Å²) >= 11 is 0. The van der Waals surface area contributed by atoms with Gasteiger partial charge in [-0.3, -0.25) is 4.57 Å². The molecule has 1 N–H and O–H groups in total. The summed E-state index contributed by atoms with van der Waals surface area (Å²) < 4.78 is 7.35. The Labute approximate surface area is 329 Å². The summed E-state index contributed by atoms with van der Waals surface area (Å²) in [6, 6.07) is 61.2. The zero-order chi connectivity index (χ0) is 37.5. The molecule has 1 atom stereocenters. The van der Waals surface area contributed by atoms with Crippen molar-refractivity contribution in [2.45, 2.75) is 19.1 Å². The number of hydrogen-bond donors (Lipinski definition) is 1. The molecule has 1 aliphatic heterocycles. The summed E-state index contributed by atoms with van der Waals surface area (Å²) in [5.74, 6) is 0. The van der Waals surface area contributed by atoms with Crippen LogP contribution in [0, 0.1) is 0 Å². The van der Waals surface area contributed by atoms with Gasteiger partial charge < -0.3 is 14.5 Å². The quantitative estimate of drug-likeness (QED) is 0.188. The average Bonchev–Trinajstić information content (AvgIpc) is 3.93. The average molecular weight is 732 g/mol. The fourth-order valence-corrected chi connectivity index (χ4v) is 9.46. The number of aliphatic imine (C=N–C) groups is 1. The summed E-state index contributed by atoms with van der Waals surface area (Å²) in [5, 5.41) is 10.2. The molecule has 1 unspecified atom stereocenters. The standard InChI is InChI=1S/C52H37N5/c1-3-15-34(16-4-1)44-33-45(35-17-5-2-6-18-35)54-52(53-44)57-49-26-14-10-22-41(49)43-32-31-42-40-21-9-13-25-48(40)56(50(42)51(43)57)37-29-27-36(28-30-37)55-46-23-11-7-19-38(46)39-20-8-12-24-47(39)55/h1-8,10-20,22-33,52-53H,9,21H2. The lowest BCUT2D eigenvalue weighted by Crippen LogP contribution is -2.29. The van der Waals surface area contributed by atoms with E-state index in [1.165, 1.54) is 60.3 Å². The van der Waals surface area contributed by atoms with Gasteiger partial charge >= 0.3 is 0 Å². The van der Waals surface area contributed by atoms with Gasteiger partial charge in [-0.05, 0) is 84.1 Å². The molecule has 5 heteroatoms. The van der Waals surface area contributed by atoms with Gasteiger partial charge in [0.25, 0.3) is 0 Å². The number of fused-ring (bicyclic) bond motifs is 10. The van der Waals surface area contributed by atoms with Gasteiger partial charge in [-0.15, -0.1) is 0 Å². The summed E-state index contributed by atoms with van der Waals surface area (Å²) in [6.07, 6.45) is 8.48. The minimum absolute atomic E-state index is 0.401. The van der Waals surface area contributed by atoms with Crippen molar-refractivity contribution in [3.63, 3.8) is 0 Å². The fourth-order valence-electron chi connectivity index (χ4n) is 9.46. The van der Waals surface area contributed by atoms with Crippen molar-refractivity contribution in [1.82, 2.24) is 19.0 Å². The van der Waals surface area contributed by atoms with E-state index in [-0.39, 0.29) is 0 Å². The Morgan fingerprint density at radius 1 is 0.491 bits per heavy atom. The Morgan fingerprint density at radius 2 is 1.05 bits per heavy atom. The number of nitrogens with zero attached hydrogens (tertiary/aromatic N) is 4. The van der Waals surface area contributed by atoms with Crippen LogP contribution in [0.15, 0.2) is 187 Å². The molecule has 12 rings (SSSR count). The highest BCUT2D eigenvalue weighted by Crippen LogP contribution is 2.43. The number of aryl methyl sites for hydroxylation is 1. The third-order valence-electron chi connectivity index (χ3n) is 12.0. The number of nitrogens with one attached hydrogen (secondary N) is 1. The van der Waals surface area contributed by atoms with Gasteiger partial charge in [0, 0.05) is 49.7 Å². The monoisotopic (exact) mass is 731 g/mol. The molecule has 10 aromatic rings. The molecular formula is C52H37N5. The van der Waals surface area contributed by atoms with Gasteiger partial charge in [0.15, 0.2) is 0 Å². The Morgan fingerprint density at radius 3 is 1.74 bits per heavy atom. The Bertz CT molecular complexity index is 3250. The normalized spacial score (nSPS) is 15.3. The van der Waals surface area contributed by atoms with Crippen LogP contribution >= 0.6 is 0 Å². The number of aromatic nitrogens is 3. The van der Waals surface area contributed by atoms with E-state index in [2.05, 4.69) is 207 Å². The third-order valence-corrected chi connectivity index (χ3v) is 12.0. The Hall–Kier alpha value is -7.37. The zero-order valence-electron chi connectivity index (χ0n) is 31.2. The van der Waals surface area contributed by atoms with E-state index in [9.17, 15) is 0 Å². The molecule has 0 fully saturated rings. The van der Waals surface area contributed by atoms with Gasteiger partial charge in [-0.25, -0.2) is 4.99 Å². The van der Waals surface area contributed by atoms with Crippen molar-refractivity contribution in [2.24, 2.45) is 4.99 Å². The zero-order valence-corrected chi connectivity index (χ0v) is 31.2. The van der Waals surface area contributed by atoms with E-state index in [4.69, 9.17) is 4.99 Å². The first-order chi connectivity index (χ1) is 28.3. The Balaban J connectivity index is 1.11. The summed E-state index contributed by atoms with van der Waals surface area (Å²) in [5.41, 5.74) is 15.1. The van der Waals surface area contributed by atoms with Crippen LogP contribution in [0.2, 0.25) is 0 Å². The van der Waals surface area contributed by atoms with Crippen molar-refractivity contribution in [1.29, 1.82) is 0 Å².